The number of pyridine rings is 1. The summed E-state index contributed by atoms with van der Waals surface area (Å²) in [7, 11) is -1.29. The molecule has 4 heterocycles. The Bertz CT molecular complexity index is 1730. The number of fused-ring (bicyclic) bond motifs is 9. The van der Waals surface area contributed by atoms with Gasteiger partial charge in [0.2, 0.25) is 5.16 Å². The van der Waals surface area contributed by atoms with Crippen molar-refractivity contribution in [3.63, 3.8) is 0 Å². The number of benzene rings is 1. The maximum Gasteiger partial charge on any atom is 0.387 e. The Morgan fingerprint density at radius 3 is 2.61 bits per heavy atom. The van der Waals surface area contributed by atoms with Crippen molar-refractivity contribution in [1.82, 2.24) is 24.5 Å². The van der Waals surface area contributed by atoms with Crippen molar-refractivity contribution in [2.24, 2.45) is 0 Å². The second-order valence-electron chi connectivity index (χ2n) is 9.91. The molecule has 0 radical (unpaired) electrons. The molecule has 9 nitrogen and oxygen atoms in total. The Morgan fingerprint density at radius 2 is 1.89 bits per heavy atom. The first-order valence-corrected chi connectivity index (χ1v) is 13.8. The molecule has 7 rings (SSSR count). The molecule has 3 aliphatic rings. The number of nitrogens with one attached hydrogen (secondary N) is 1. The molecule has 1 unspecified atom stereocenters. The lowest BCUT2D eigenvalue weighted by Crippen LogP contribution is -2.30. The van der Waals surface area contributed by atoms with E-state index in [2.05, 4.69) is 9.97 Å². The zero-order chi connectivity index (χ0) is 26.3. The van der Waals surface area contributed by atoms with Gasteiger partial charge in [-0.25, -0.2) is 23.5 Å². The second-order valence-corrected chi connectivity index (χ2v) is 12.1. The van der Waals surface area contributed by atoms with Crippen LogP contribution in [0.15, 0.2) is 54.1 Å². The van der Waals surface area contributed by atoms with Gasteiger partial charge >= 0.3 is 6.61 Å². The van der Waals surface area contributed by atoms with Crippen molar-refractivity contribution in [1.29, 1.82) is 4.78 Å². The summed E-state index contributed by atoms with van der Waals surface area (Å²) in [6, 6.07) is 8.14. The van der Waals surface area contributed by atoms with Crippen LogP contribution in [0.25, 0.3) is 16.6 Å². The molecule has 0 saturated heterocycles. The van der Waals surface area contributed by atoms with Crippen LogP contribution in [-0.2, 0) is 9.73 Å². The van der Waals surface area contributed by atoms with E-state index in [1.807, 2.05) is 12.1 Å². The van der Waals surface area contributed by atoms with E-state index in [1.165, 1.54) is 6.07 Å². The van der Waals surface area contributed by atoms with Gasteiger partial charge < -0.3 is 9.64 Å². The summed E-state index contributed by atoms with van der Waals surface area (Å²) in [6.07, 6.45) is 6.96. The Balaban J connectivity index is 1.36. The normalized spacial score (nSPS) is 21.8. The van der Waals surface area contributed by atoms with Gasteiger partial charge in [0.05, 0.1) is 22.5 Å². The molecular weight excluding hydrogens is 514 g/mol. The van der Waals surface area contributed by atoms with Crippen molar-refractivity contribution in [3.05, 3.63) is 71.3 Å². The first-order chi connectivity index (χ1) is 18.2. The van der Waals surface area contributed by atoms with Crippen LogP contribution in [0, 0.1) is 4.78 Å². The summed E-state index contributed by atoms with van der Waals surface area (Å²) >= 11 is 0. The van der Waals surface area contributed by atoms with E-state index in [1.54, 1.807) is 47.2 Å². The molecule has 12 heteroatoms. The van der Waals surface area contributed by atoms with E-state index in [0.717, 1.165) is 35.2 Å². The van der Waals surface area contributed by atoms with Crippen LogP contribution in [-0.4, -0.2) is 53.5 Å². The maximum atomic E-state index is 13.3. The molecule has 1 aromatic carbocycles. The number of rotatable bonds is 5. The van der Waals surface area contributed by atoms with Crippen LogP contribution in [0.2, 0.25) is 0 Å². The van der Waals surface area contributed by atoms with Crippen LogP contribution in [0.5, 0.6) is 5.75 Å². The molecule has 0 spiro atoms. The molecule has 3 atom stereocenters. The summed E-state index contributed by atoms with van der Waals surface area (Å²) in [4.78, 5) is 23.4. The average molecular weight is 537 g/mol. The van der Waals surface area contributed by atoms with E-state index >= 15 is 0 Å². The third kappa shape index (κ3) is 3.35. The number of amides is 1. The molecule has 1 saturated carbocycles. The van der Waals surface area contributed by atoms with Crippen LogP contribution < -0.4 is 4.74 Å². The minimum atomic E-state index is -3.02. The van der Waals surface area contributed by atoms with Crippen LogP contribution >= 0.6 is 0 Å². The highest BCUT2D eigenvalue weighted by atomic mass is 32.2. The lowest BCUT2D eigenvalue weighted by molar-refractivity contribution is -0.0505. The third-order valence-electron chi connectivity index (χ3n) is 7.70. The molecular formula is C26H22F2N6O3S. The number of hydrogen-bond acceptors (Lipinski definition) is 7. The summed E-state index contributed by atoms with van der Waals surface area (Å²) in [5.74, 6) is -0.635. The largest absolute Gasteiger partial charge is 0.434 e. The Labute approximate surface area is 216 Å². The third-order valence-corrected chi connectivity index (χ3v) is 9.86. The highest BCUT2D eigenvalue weighted by Gasteiger charge is 2.46. The van der Waals surface area contributed by atoms with E-state index in [-0.39, 0.29) is 34.0 Å². The lowest BCUT2D eigenvalue weighted by atomic mass is 9.88. The van der Waals surface area contributed by atoms with Gasteiger partial charge in [0, 0.05) is 53.8 Å². The van der Waals surface area contributed by atoms with Crippen molar-refractivity contribution >= 4 is 21.2 Å². The first kappa shape index (κ1) is 23.2. The highest BCUT2D eigenvalue weighted by molar-refractivity contribution is 7.93. The fourth-order valence-corrected chi connectivity index (χ4v) is 7.23. The zero-order valence-corrected chi connectivity index (χ0v) is 21.0. The Kier molecular flexibility index (Phi) is 4.91. The molecule has 2 bridgehead atoms. The van der Waals surface area contributed by atoms with Gasteiger partial charge in [-0.1, -0.05) is 6.07 Å². The van der Waals surface area contributed by atoms with E-state index in [4.69, 9.17) is 14.6 Å². The molecule has 2 aliphatic carbocycles. The van der Waals surface area contributed by atoms with Gasteiger partial charge in [-0.2, -0.15) is 13.9 Å². The van der Waals surface area contributed by atoms with Crippen molar-refractivity contribution in [2.75, 3.05) is 7.05 Å². The highest BCUT2D eigenvalue weighted by Crippen LogP contribution is 2.53. The van der Waals surface area contributed by atoms with Gasteiger partial charge in [0.15, 0.2) is 0 Å². The molecule has 194 valence electrons. The number of hydrogen-bond donors (Lipinski definition) is 1. The van der Waals surface area contributed by atoms with Gasteiger partial charge in [-0.3, -0.25) is 4.79 Å². The molecule has 1 amide bonds. The number of halogens is 2. The topological polar surface area (TPSA) is 114 Å². The fraction of sp³-hybridized carbons (Fsp3) is 0.308. The minimum Gasteiger partial charge on any atom is -0.434 e. The smallest absolute Gasteiger partial charge is 0.387 e. The monoisotopic (exact) mass is 536 g/mol. The molecule has 1 aliphatic heterocycles. The minimum absolute atomic E-state index is 0.00750. The van der Waals surface area contributed by atoms with Gasteiger partial charge in [0.1, 0.15) is 15.5 Å². The Morgan fingerprint density at radius 1 is 1.13 bits per heavy atom. The molecule has 3 aromatic heterocycles. The first-order valence-electron chi connectivity index (χ1n) is 12.2. The predicted octanol–water partition coefficient (Wildman–Crippen LogP) is 4.62. The molecule has 1 N–H and O–H groups in total. The van der Waals surface area contributed by atoms with Gasteiger partial charge in [-0.15, -0.1) is 0 Å². The molecule has 38 heavy (non-hydrogen) atoms. The van der Waals surface area contributed by atoms with E-state index < -0.39 is 16.3 Å². The van der Waals surface area contributed by atoms with Crippen LogP contribution in [0.4, 0.5) is 8.78 Å². The van der Waals surface area contributed by atoms with Gasteiger partial charge in [0.25, 0.3) is 5.91 Å². The number of alkyl halides is 2. The van der Waals surface area contributed by atoms with Crippen molar-refractivity contribution in [3.8, 4) is 16.9 Å². The summed E-state index contributed by atoms with van der Waals surface area (Å²) in [5.41, 5.74) is 4.63. The SMILES string of the molecule is CN1C(=O)c2cccc(OC(F)F)c2[C@H]2C[C@@H]1c1nn3ccc(-c4cnc(S(=N)(=O)C5CC5)nc4)cc3c12. The average Bonchev–Trinajstić information content (AvgIpc) is 3.63. The molecule has 1 fully saturated rings. The van der Waals surface area contributed by atoms with E-state index in [9.17, 15) is 17.8 Å². The zero-order valence-electron chi connectivity index (χ0n) is 20.2. The summed E-state index contributed by atoms with van der Waals surface area (Å²) in [5, 5.41) is 4.65. The summed E-state index contributed by atoms with van der Waals surface area (Å²) in [6.45, 7) is -3.02. The summed E-state index contributed by atoms with van der Waals surface area (Å²) < 4.78 is 54.1. The number of nitrogens with zero attached hydrogens (tertiary/aromatic N) is 5. The van der Waals surface area contributed by atoms with Crippen LogP contribution in [0.1, 0.15) is 58.4 Å². The number of carbonyl (C=O) groups is 1. The van der Waals surface area contributed by atoms with Gasteiger partial charge in [-0.05, 0) is 49.1 Å². The standard InChI is InChI=1S/C26H22F2N6O3S/c1-33-19-10-17(21-16(24(33)35)3-2-4-20(21)37-25(27)28)22-18-9-13(7-8-34(18)32-23(19)22)14-11-30-26(31-12-14)38(29,36)15-5-6-15/h2-4,7-9,11-12,15,17,19,25,29H,5-6,10H2,1H3/t17-,19-,38?/m1/s1. The van der Waals surface area contributed by atoms with Crippen molar-refractivity contribution < 1.29 is 22.5 Å². The molecule has 4 aromatic rings. The fourth-order valence-electron chi connectivity index (χ4n) is 5.71. The number of ether oxygens (including phenoxy) is 1. The Hall–Kier alpha value is -3.93. The quantitative estimate of drug-likeness (QED) is 0.372. The van der Waals surface area contributed by atoms with Crippen LogP contribution in [0.3, 0.4) is 0 Å². The predicted molar refractivity (Wildman–Crippen MR) is 133 cm³/mol. The maximum absolute atomic E-state index is 13.3. The van der Waals surface area contributed by atoms with Crippen molar-refractivity contribution in [2.45, 2.75) is 48.2 Å². The number of aromatic nitrogens is 4. The van der Waals surface area contributed by atoms with E-state index in [0.29, 0.717) is 23.1 Å². The number of carbonyl (C=O) groups excluding carboxylic acids is 1. The lowest BCUT2D eigenvalue weighted by Gasteiger charge is -2.23. The second kappa shape index (κ2) is 8.03.